The van der Waals surface area contributed by atoms with Crippen LogP contribution in [0.5, 0.6) is 0 Å². The third kappa shape index (κ3) is 1.49. The molecule has 1 saturated carbocycles. The highest BCUT2D eigenvalue weighted by molar-refractivity contribution is 5.63. The number of nitrogens with zero attached hydrogens (tertiary/aromatic N) is 1. The van der Waals surface area contributed by atoms with E-state index in [4.69, 9.17) is 0 Å². The van der Waals surface area contributed by atoms with Crippen molar-refractivity contribution in [1.29, 1.82) is 0 Å². The Kier molecular flexibility index (Phi) is 2.71. The number of rotatable bonds is 1. The molecule has 0 radical (unpaired) electrons. The standard InChI is InChI=1S/C18H24N2/c1-4-12-13-9-10-20(3)18(12)16-14-7-5-6-8-15(14)19-17(16)11(13)2/h5-8,12-13,16-19H,2,4,9-10H2,1,3H3/t12-,13-,16-,17-,18-/m0/s1. The van der Waals surface area contributed by atoms with Crippen molar-refractivity contribution in [3.8, 4) is 0 Å². The van der Waals surface area contributed by atoms with Gasteiger partial charge in [-0.3, -0.25) is 0 Å². The van der Waals surface area contributed by atoms with E-state index in [1.54, 1.807) is 0 Å². The average Bonchev–Trinajstić information content (AvgIpc) is 2.85. The van der Waals surface area contributed by atoms with Crippen LogP contribution >= 0.6 is 0 Å². The molecule has 106 valence electrons. The van der Waals surface area contributed by atoms with Crippen LogP contribution in [0.2, 0.25) is 0 Å². The molecule has 5 atom stereocenters. The van der Waals surface area contributed by atoms with Crippen molar-refractivity contribution in [1.82, 2.24) is 4.90 Å². The predicted octanol–water partition coefficient (Wildman–Crippen LogP) is 3.48. The number of hydrogen-bond acceptors (Lipinski definition) is 2. The molecule has 1 saturated heterocycles. The van der Waals surface area contributed by atoms with Gasteiger partial charge >= 0.3 is 0 Å². The number of anilines is 1. The van der Waals surface area contributed by atoms with Gasteiger partial charge in [-0.15, -0.1) is 0 Å². The number of para-hydroxylation sites is 1. The van der Waals surface area contributed by atoms with Crippen molar-refractivity contribution < 1.29 is 0 Å². The summed E-state index contributed by atoms with van der Waals surface area (Å²) in [7, 11) is 2.32. The Morgan fingerprint density at radius 1 is 1.35 bits per heavy atom. The van der Waals surface area contributed by atoms with E-state index in [2.05, 4.69) is 55.0 Å². The first kappa shape index (κ1) is 12.5. The summed E-state index contributed by atoms with van der Waals surface area (Å²) in [5.74, 6) is 2.07. The molecule has 1 aromatic rings. The lowest BCUT2D eigenvalue weighted by Crippen LogP contribution is -2.57. The van der Waals surface area contributed by atoms with Crippen LogP contribution in [0.15, 0.2) is 36.4 Å². The smallest absolute Gasteiger partial charge is 0.0558 e. The molecule has 2 heteroatoms. The second kappa shape index (κ2) is 4.36. The van der Waals surface area contributed by atoms with Crippen LogP contribution < -0.4 is 5.32 Å². The maximum Gasteiger partial charge on any atom is 0.0558 e. The highest BCUT2D eigenvalue weighted by Gasteiger charge is 2.52. The fourth-order valence-corrected chi connectivity index (χ4v) is 5.09. The summed E-state index contributed by atoms with van der Waals surface area (Å²) < 4.78 is 0. The maximum absolute atomic E-state index is 4.50. The van der Waals surface area contributed by atoms with Crippen molar-refractivity contribution in [2.24, 2.45) is 11.8 Å². The van der Waals surface area contributed by atoms with Gasteiger partial charge in [-0.05, 0) is 43.5 Å². The minimum absolute atomic E-state index is 0.452. The van der Waals surface area contributed by atoms with E-state index in [0.29, 0.717) is 23.9 Å². The van der Waals surface area contributed by atoms with Gasteiger partial charge in [0.25, 0.3) is 0 Å². The molecule has 1 aliphatic carbocycles. The second-order valence-electron chi connectivity index (χ2n) is 6.75. The number of fused-ring (bicyclic) bond motifs is 6. The van der Waals surface area contributed by atoms with E-state index in [-0.39, 0.29) is 0 Å². The number of piperidine rings is 1. The van der Waals surface area contributed by atoms with Crippen molar-refractivity contribution in [3.63, 3.8) is 0 Å². The summed E-state index contributed by atoms with van der Waals surface area (Å²) in [4.78, 5) is 2.61. The lowest BCUT2D eigenvalue weighted by Gasteiger charge is -2.54. The van der Waals surface area contributed by atoms with Crippen molar-refractivity contribution in [2.75, 3.05) is 18.9 Å². The van der Waals surface area contributed by atoms with E-state index >= 15 is 0 Å². The highest BCUT2D eigenvalue weighted by Crippen LogP contribution is 2.54. The molecule has 2 heterocycles. The fourth-order valence-electron chi connectivity index (χ4n) is 5.09. The van der Waals surface area contributed by atoms with Gasteiger partial charge < -0.3 is 10.2 Å². The molecule has 2 nitrogen and oxygen atoms in total. The van der Waals surface area contributed by atoms with Crippen LogP contribution in [0, 0.1) is 11.8 Å². The number of nitrogens with one attached hydrogen (secondary N) is 1. The van der Waals surface area contributed by atoms with Crippen molar-refractivity contribution in [3.05, 3.63) is 42.0 Å². The first-order valence-corrected chi connectivity index (χ1v) is 7.96. The third-order valence-electron chi connectivity index (χ3n) is 5.96. The van der Waals surface area contributed by atoms with Gasteiger partial charge in [-0.1, -0.05) is 43.7 Å². The number of benzene rings is 1. The van der Waals surface area contributed by atoms with Gasteiger partial charge in [0.05, 0.1) is 6.04 Å². The van der Waals surface area contributed by atoms with Crippen molar-refractivity contribution in [2.45, 2.75) is 37.8 Å². The quantitative estimate of drug-likeness (QED) is 0.784. The van der Waals surface area contributed by atoms with Crippen LogP contribution in [-0.2, 0) is 0 Å². The highest BCUT2D eigenvalue weighted by atomic mass is 15.2. The fraction of sp³-hybridized carbons (Fsp3) is 0.556. The third-order valence-corrected chi connectivity index (χ3v) is 5.96. The van der Waals surface area contributed by atoms with E-state index < -0.39 is 0 Å². The zero-order chi connectivity index (χ0) is 13.9. The normalized spacial score (nSPS) is 39.1. The summed E-state index contributed by atoms with van der Waals surface area (Å²) in [5, 5.41) is 3.75. The Balaban J connectivity index is 1.84. The lowest BCUT2D eigenvalue weighted by atomic mass is 9.61. The number of likely N-dealkylation sites (N-methyl/N-ethyl adjacent to an activating group) is 1. The molecule has 1 N–H and O–H groups in total. The van der Waals surface area contributed by atoms with Gasteiger partial charge in [0.2, 0.25) is 0 Å². The van der Waals surface area contributed by atoms with Crippen molar-refractivity contribution >= 4 is 5.69 Å². The van der Waals surface area contributed by atoms with Gasteiger partial charge in [-0.25, -0.2) is 0 Å². The number of likely N-dealkylation sites (tertiary alicyclic amines) is 1. The van der Waals surface area contributed by atoms with Gasteiger partial charge in [0.1, 0.15) is 0 Å². The molecule has 3 aliphatic rings. The molecule has 2 bridgehead atoms. The second-order valence-corrected chi connectivity index (χ2v) is 6.75. The molecule has 0 aromatic heterocycles. The maximum atomic E-state index is 4.50. The Labute approximate surface area is 121 Å². The van der Waals surface area contributed by atoms with Crippen LogP contribution in [0.3, 0.4) is 0 Å². The van der Waals surface area contributed by atoms with E-state index in [9.17, 15) is 0 Å². The summed E-state index contributed by atoms with van der Waals surface area (Å²) in [6.45, 7) is 8.07. The summed E-state index contributed by atoms with van der Waals surface area (Å²) in [5.41, 5.74) is 4.30. The molecule has 0 spiro atoms. The average molecular weight is 268 g/mol. The summed E-state index contributed by atoms with van der Waals surface area (Å²) in [6, 6.07) is 9.99. The zero-order valence-electron chi connectivity index (χ0n) is 12.5. The SMILES string of the molecule is C=C1[C@@H]2CCN(C)[C@@H]([C@H]2CC)[C@H]2c3ccccc3N[C@@H]12. The molecule has 20 heavy (non-hydrogen) atoms. The van der Waals surface area contributed by atoms with Crippen LogP contribution in [-0.4, -0.2) is 30.6 Å². The molecule has 0 amide bonds. The van der Waals surface area contributed by atoms with E-state index in [0.717, 1.165) is 5.92 Å². The first-order chi connectivity index (χ1) is 9.72. The number of hydrogen-bond donors (Lipinski definition) is 1. The molecule has 2 fully saturated rings. The Morgan fingerprint density at radius 2 is 2.15 bits per heavy atom. The molecule has 1 aromatic carbocycles. The predicted molar refractivity (Wildman–Crippen MR) is 84.0 cm³/mol. The van der Waals surface area contributed by atoms with Crippen LogP contribution in [0.4, 0.5) is 5.69 Å². The minimum atomic E-state index is 0.452. The van der Waals surface area contributed by atoms with E-state index in [1.165, 1.54) is 36.2 Å². The summed E-state index contributed by atoms with van der Waals surface area (Å²) >= 11 is 0. The first-order valence-electron chi connectivity index (χ1n) is 7.96. The van der Waals surface area contributed by atoms with Crippen LogP contribution in [0.1, 0.15) is 31.2 Å². The lowest BCUT2D eigenvalue weighted by molar-refractivity contribution is 0.0375. The summed E-state index contributed by atoms with van der Waals surface area (Å²) in [6.07, 6.45) is 2.55. The van der Waals surface area contributed by atoms with Gasteiger partial charge in [0, 0.05) is 17.6 Å². The zero-order valence-corrected chi connectivity index (χ0v) is 12.5. The topological polar surface area (TPSA) is 15.3 Å². The van der Waals surface area contributed by atoms with E-state index in [1.807, 2.05) is 0 Å². The largest absolute Gasteiger partial charge is 0.378 e. The molecule has 0 unspecified atom stereocenters. The van der Waals surface area contributed by atoms with Gasteiger partial charge in [0.15, 0.2) is 0 Å². The Bertz CT molecular complexity index is 550. The minimum Gasteiger partial charge on any atom is -0.378 e. The molecule has 2 aliphatic heterocycles. The monoisotopic (exact) mass is 268 g/mol. The Morgan fingerprint density at radius 3 is 2.95 bits per heavy atom. The van der Waals surface area contributed by atoms with Crippen LogP contribution in [0.25, 0.3) is 0 Å². The molecule has 4 rings (SSSR count). The molecular formula is C18H24N2. The Hall–Kier alpha value is -1.28. The molecular weight excluding hydrogens is 244 g/mol. The van der Waals surface area contributed by atoms with Gasteiger partial charge in [-0.2, -0.15) is 0 Å².